The van der Waals surface area contributed by atoms with Crippen molar-refractivity contribution < 1.29 is 9.90 Å². The Labute approximate surface area is 70.8 Å². The highest BCUT2D eigenvalue weighted by Gasteiger charge is 2.24. The molecule has 0 saturated carbocycles. The molecule has 5 heteroatoms. The smallest absolute Gasteiger partial charge is 0.323 e. The lowest BCUT2D eigenvalue weighted by Gasteiger charge is -2.30. The molecule has 0 spiro atoms. The maximum absolute atomic E-state index is 11.2. The van der Waals surface area contributed by atoms with Gasteiger partial charge in [-0.05, 0) is 13.8 Å². The molecule has 1 aliphatic rings. The molecule has 2 amide bonds. The molecule has 1 atom stereocenters. The summed E-state index contributed by atoms with van der Waals surface area (Å²) in [5.41, 5.74) is 5.35. The Morgan fingerprint density at radius 2 is 2.33 bits per heavy atom. The van der Waals surface area contributed by atoms with E-state index in [2.05, 4.69) is 5.32 Å². The zero-order chi connectivity index (χ0) is 9.30. The third-order valence-electron chi connectivity index (χ3n) is 1.66. The van der Waals surface area contributed by atoms with Gasteiger partial charge in [0.1, 0.15) is 11.9 Å². The first-order valence-electron chi connectivity index (χ1n) is 3.77. The van der Waals surface area contributed by atoms with Crippen molar-refractivity contribution in [2.75, 3.05) is 0 Å². The number of nitrogens with one attached hydrogen (secondary N) is 1. The van der Waals surface area contributed by atoms with Crippen LogP contribution in [0.3, 0.4) is 0 Å². The van der Waals surface area contributed by atoms with Crippen LogP contribution in [-0.4, -0.2) is 28.2 Å². The largest absolute Gasteiger partial charge is 0.507 e. The van der Waals surface area contributed by atoms with Gasteiger partial charge in [0, 0.05) is 6.04 Å². The van der Waals surface area contributed by atoms with Crippen molar-refractivity contribution in [2.45, 2.75) is 26.1 Å². The summed E-state index contributed by atoms with van der Waals surface area (Å²) in [6.07, 6.45) is 0.584. The molecule has 1 rings (SSSR count). The molecule has 5 nitrogen and oxygen atoms in total. The molecule has 68 valence electrons. The second-order valence-corrected chi connectivity index (χ2v) is 2.98. The molecule has 0 aromatic rings. The van der Waals surface area contributed by atoms with Gasteiger partial charge >= 0.3 is 6.03 Å². The van der Waals surface area contributed by atoms with Crippen LogP contribution in [0.2, 0.25) is 0 Å². The second kappa shape index (κ2) is 3.02. The van der Waals surface area contributed by atoms with E-state index in [0.29, 0.717) is 0 Å². The van der Waals surface area contributed by atoms with Crippen LogP contribution in [0.25, 0.3) is 0 Å². The standard InChI is InChI=1S/C7H13N3O2/c1-4(2)10-3-5(11)6(8)9-7(10)12/h3-4,6,11H,8H2,1-2H3,(H,9,12). The quantitative estimate of drug-likeness (QED) is 0.523. The molecular weight excluding hydrogens is 158 g/mol. The highest BCUT2D eigenvalue weighted by Crippen LogP contribution is 2.08. The molecule has 1 aliphatic heterocycles. The highest BCUT2D eigenvalue weighted by atomic mass is 16.3. The first kappa shape index (κ1) is 8.86. The SMILES string of the molecule is CC(C)N1C=C(O)C(N)NC1=O. The van der Waals surface area contributed by atoms with Gasteiger partial charge in [-0.15, -0.1) is 0 Å². The monoisotopic (exact) mass is 171 g/mol. The Balaban J connectivity index is 2.83. The average Bonchev–Trinajstić information content (AvgIpc) is 1.96. The molecule has 0 aromatic carbocycles. The Hall–Kier alpha value is -1.23. The van der Waals surface area contributed by atoms with E-state index in [9.17, 15) is 9.90 Å². The van der Waals surface area contributed by atoms with E-state index in [4.69, 9.17) is 5.73 Å². The molecule has 0 saturated heterocycles. The summed E-state index contributed by atoms with van der Waals surface area (Å²) in [5.74, 6) is -0.0247. The minimum atomic E-state index is -0.771. The fraction of sp³-hybridized carbons (Fsp3) is 0.571. The summed E-state index contributed by atoms with van der Waals surface area (Å²) < 4.78 is 0. The lowest BCUT2D eigenvalue weighted by atomic mass is 10.3. The average molecular weight is 171 g/mol. The van der Waals surface area contributed by atoms with Crippen LogP contribution in [0.4, 0.5) is 4.79 Å². The van der Waals surface area contributed by atoms with Gasteiger partial charge in [0.05, 0.1) is 6.20 Å². The minimum Gasteiger partial charge on any atom is -0.507 e. The van der Waals surface area contributed by atoms with Gasteiger partial charge in [-0.1, -0.05) is 0 Å². The van der Waals surface area contributed by atoms with Crippen molar-refractivity contribution in [2.24, 2.45) is 5.73 Å². The maximum atomic E-state index is 11.2. The van der Waals surface area contributed by atoms with Gasteiger partial charge in [0.25, 0.3) is 0 Å². The van der Waals surface area contributed by atoms with Crippen LogP contribution in [0.15, 0.2) is 12.0 Å². The number of hydrogen-bond acceptors (Lipinski definition) is 3. The molecule has 1 unspecified atom stereocenters. The number of carbonyl (C=O) groups excluding carboxylic acids is 1. The zero-order valence-corrected chi connectivity index (χ0v) is 7.11. The summed E-state index contributed by atoms with van der Waals surface area (Å²) >= 11 is 0. The van der Waals surface area contributed by atoms with Gasteiger partial charge in [0.2, 0.25) is 0 Å². The first-order valence-corrected chi connectivity index (χ1v) is 3.77. The number of hydrogen-bond donors (Lipinski definition) is 3. The maximum Gasteiger partial charge on any atom is 0.323 e. The van der Waals surface area contributed by atoms with Gasteiger partial charge < -0.3 is 16.2 Å². The number of nitrogens with zero attached hydrogens (tertiary/aromatic N) is 1. The van der Waals surface area contributed by atoms with E-state index < -0.39 is 6.17 Å². The van der Waals surface area contributed by atoms with Crippen LogP contribution < -0.4 is 11.1 Å². The van der Waals surface area contributed by atoms with Crippen molar-refractivity contribution in [1.82, 2.24) is 10.2 Å². The van der Waals surface area contributed by atoms with Crippen LogP contribution in [-0.2, 0) is 0 Å². The van der Waals surface area contributed by atoms with Crippen molar-refractivity contribution >= 4 is 6.03 Å². The predicted octanol–water partition coefficient (Wildman–Crippen LogP) is 0.104. The first-order chi connectivity index (χ1) is 5.52. The van der Waals surface area contributed by atoms with Gasteiger partial charge in [0.15, 0.2) is 0 Å². The highest BCUT2D eigenvalue weighted by molar-refractivity contribution is 5.77. The van der Waals surface area contributed by atoms with Gasteiger partial charge in [-0.2, -0.15) is 0 Å². The van der Waals surface area contributed by atoms with E-state index in [1.165, 1.54) is 11.1 Å². The summed E-state index contributed by atoms with van der Waals surface area (Å²) in [5, 5.41) is 11.6. The van der Waals surface area contributed by atoms with Gasteiger partial charge in [-0.3, -0.25) is 4.90 Å². The molecule has 0 fully saturated rings. The number of carbonyl (C=O) groups is 1. The summed E-state index contributed by atoms with van der Waals surface area (Å²) in [6, 6.07) is -0.269. The number of aliphatic hydroxyl groups excluding tert-OH is 1. The molecule has 1 heterocycles. The minimum absolute atomic E-state index is 0.0136. The van der Waals surface area contributed by atoms with Crippen LogP contribution in [0.5, 0.6) is 0 Å². The van der Waals surface area contributed by atoms with E-state index in [1.54, 1.807) is 0 Å². The van der Waals surface area contributed by atoms with Crippen LogP contribution in [0.1, 0.15) is 13.8 Å². The Bertz CT molecular complexity index is 225. The molecule has 0 aliphatic carbocycles. The molecule has 0 radical (unpaired) electrons. The van der Waals surface area contributed by atoms with Crippen molar-refractivity contribution in [1.29, 1.82) is 0 Å². The second-order valence-electron chi connectivity index (χ2n) is 2.98. The predicted molar refractivity (Wildman–Crippen MR) is 44.2 cm³/mol. The molecule has 0 bridgehead atoms. The Kier molecular flexibility index (Phi) is 2.23. The van der Waals surface area contributed by atoms with Crippen molar-refractivity contribution in [3.8, 4) is 0 Å². The summed E-state index contributed by atoms with van der Waals surface area (Å²) in [6.45, 7) is 3.69. The van der Waals surface area contributed by atoms with Crippen molar-refractivity contribution in [3.63, 3.8) is 0 Å². The van der Waals surface area contributed by atoms with Crippen LogP contribution in [0, 0.1) is 0 Å². The van der Waals surface area contributed by atoms with Crippen LogP contribution >= 0.6 is 0 Å². The Morgan fingerprint density at radius 3 is 2.83 bits per heavy atom. The Morgan fingerprint density at radius 1 is 1.75 bits per heavy atom. The normalized spacial score (nSPS) is 24.0. The topological polar surface area (TPSA) is 78.6 Å². The van der Waals surface area contributed by atoms with E-state index >= 15 is 0 Å². The molecule has 0 aromatic heterocycles. The van der Waals surface area contributed by atoms with E-state index in [0.717, 1.165) is 0 Å². The van der Waals surface area contributed by atoms with E-state index in [-0.39, 0.29) is 17.8 Å². The lowest BCUT2D eigenvalue weighted by molar-refractivity contribution is 0.185. The lowest BCUT2D eigenvalue weighted by Crippen LogP contribution is -2.53. The number of amides is 2. The molecule has 12 heavy (non-hydrogen) atoms. The number of rotatable bonds is 1. The molecular formula is C7H13N3O2. The third-order valence-corrected chi connectivity index (χ3v) is 1.66. The molecule has 4 N–H and O–H groups in total. The van der Waals surface area contributed by atoms with Crippen molar-refractivity contribution in [3.05, 3.63) is 12.0 Å². The van der Waals surface area contributed by atoms with E-state index in [1.807, 2.05) is 13.8 Å². The zero-order valence-electron chi connectivity index (χ0n) is 7.11. The summed E-state index contributed by atoms with van der Waals surface area (Å²) in [4.78, 5) is 12.6. The number of nitrogens with two attached hydrogens (primary N) is 1. The third kappa shape index (κ3) is 1.50. The summed E-state index contributed by atoms with van der Waals surface area (Å²) in [7, 11) is 0. The number of urea groups is 1. The van der Waals surface area contributed by atoms with Gasteiger partial charge in [-0.25, -0.2) is 4.79 Å². The fourth-order valence-corrected chi connectivity index (χ4v) is 0.947. The fourth-order valence-electron chi connectivity index (χ4n) is 0.947. The number of aliphatic hydroxyl groups is 1.